The fraction of sp³-hybridized carbons (Fsp3) is 0.857. The van der Waals surface area contributed by atoms with E-state index in [1.807, 2.05) is 11.8 Å². The van der Waals surface area contributed by atoms with Crippen LogP contribution in [-0.2, 0) is 14.3 Å². The van der Waals surface area contributed by atoms with E-state index in [0.717, 1.165) is 25.9 Å². The van der Waals surface area contributed by atoms with Gasteiger partial charge in [0, 0.05) is 32.5 Å². The quantitative estimate of drug-likeness (QED) is 0.724. The molecule has 112 valence electrons. The summed E-state index contributed by atoms with van der Waals surface area (Å²) in [5, 5.41) is 3.31. The van der Waals surface area contributed by atoms with Crippen LogP contribution in [0.3, 0.4) is 0 Å². The normalized spacial score (nSPS) is 32.9. The van der Waals surface area contributed by atoms with E-state index < -0.39 is 11.8 Å². The molecule has 3 saturated heterocycles. The van der Waals surface area contributed by atoms with Gasteiger partial charge < -0.3 is 19.7 Å². The maximum atomic E-state index is 12.7. The summed E-state index contributed by atoms with van der Waals surface area (Å²) >= 11 is 0. The third-order valence-electron chi connectivity index (χ3n) is 4.83. The van der Waals surface area contributed by atoms with Gasteiger partial charge in [0.2, 0.25) is 5.91 Å². The first kappa shape index (κ1) is 13.7. The Balaban J connectivity index is 1.60. The SMILES string of the molecule is CC1(C(=O)N2CCC3(CC2)COC(=O)O3)CCCNC1. The van der Waals surface area contributed by atoms with E-state index >= 15 is 0 Å². The van der Waals surface area contributed by atoms with Crippen molar-refractivity contribution in [2.24, 2.45) is 5.41 Å². The summed E-state index contributed by atoms with van der Waals surface area (Å²) in [4.78, 5) is 25.7. The van der Waals surface area contributed by atoms with E-state index in [1.54, 1.807) is 0 Å². The van der Waals surface area contributed by atoms with Crippen LogP contribution in [0.5, 0.6) is 0 Å². The Kier molecular flexibility index (Phi) is 3.36. The van der Waals surface area contributed by atoms with E-state index in [1.165, 1.54) is 0 Å². The van der Waals surface area contributed by atoms with Gasteiger partial charge in [-0.3, -0.25) is 4.79 Å². The molecule has 6 heteroatoms. The zero-order valence-corrected chi connectivity index (χ0v) is 11.9. The summed E-state index contributed by atoms with van der Waals surface area (Å²) in [5.41, 5.74) is -0.773. The van der Waals surface area contributed by atoms with Crippen molar-refractivity contribution in [3.8, 4) is 0 Å². The van der Waals surface area contributed by atoms with Crippen LogP contribution in [-0.4, -0.2) is 55.3 Å². The topological polar surface area (TPSA) is 67.9 Å². The van der Waals surface area contributed by atoms with Gasteiger partial charge in [-0.2, -0.15) is 0 Å². The molecule has 0 bridgehead atoms. The van der Waals surface area contributed by atoms with E-state index in [9.17, 15) is 9.59 Å². The lowest BCUT2D eigenvalue weighted by atomic mass is 9.80. The fourth-order valence-electron chi connectivity index (χ4n) is 3.41. The molecule has 0 saturated carbocycles. The predicted molar refractivity (Wildman–Crippen MR) is 71.2 cm³/mol. The summed E-state index contributed by atoms with van der Waals surface area (Å²) in [6.45, 7) is 5.41. The number of amides is 1. The molecule has 3 rings (SSSR count). The van der Waals surface area contributed by atoms with Gasteiger partial charge in [0.05, 0.1) is 5.41 Å². The van der Waals surface area contributed by atoms with Gasteiger partial charge in [0.15, 0.2) is 5.60 Å². The van der Waals surface area contributed by atoms with Crippen molar-refractivity contribution in [1.29, 1.82) is 0 Å². The monoisotopic (exact) mass is 282 g/mol. The van der Waals surface area contributed by atoms with E-state index in [0.29, 0.717) is 32.5 Å². The minimum absolute atomic E-state index is 0.227. The maximum absolute atomic E-state index is 12.7. The van der Waals surface area contributed by atoms with Crippen LogP contribution in [0, 0.1) is 5.41 Å². The minimum atomic E-state index is -0.576. The van der Waals surface area contributed by atoms with Crippen molar-refractivity contribution in [3.05, 3.63) is 0 Å². The molecule has 0 aromatic carbocycles. The summed E-state index contributed by atoms with van der Waals surface area (Å²) < 4.78 is 10.2. The number of ether oxygens (including phenoxy) is 2. The molecule has 20 heavy (non-hydrogen) atoms. The molecule has 6 nitrogen and oxygen atoms in total. The van der Waals surface area contributed by atoms with Crippen LogP contribution < -0.4 is 5.32 Å². The summed E-state index contributed by atoms with van der Waals surface area (Å²) in [6, 6.07) is 0. The molecule has 1 atom stereocenters. The van der Waals surface area contributed by atoms with E-state index in [-0.39, 0.29) is 11.3 Å². The lowest BCUT2D eigenvalue weighted by Gasteiger charge is -2.42. The zero-order chi connectivity index (χ0) is 14.2. The Labute approximate surface area is 118 Å². The van der Waals surface area contributed by atoms with Crippen molar-refractivity contribution in [2.75, 3.05) is 32.8 Å². The Bertz CT molecular complexity index is 409. The first-order valence-electron chi connectivity index (χ1n) is 7.39. The number of nitrogens with zero attached hydrogens (tertiary/aromatic N) is 1. The number of rotatable bonds is 1. The first-order chi connectivity index (χ1) is 9.53. The van der Waals surface area contributed by atoms with Crippen LogP contribution in [0.15, 0.2) is 0 Å². The predicted octanol–water partition coefficient (Wildman–Crippen LogP) is 0.904. The molecule has 1 spiro atoms. The number of hydrogen-bond acceptors (Lipinski definition) is 5. The van der Waals surface area contributed by atoms with Gasteiger partial charge in [-0.15, -0.1) is 0 Å². The number of carbonyl (C=O) groups is 2. The average molecular weight is 282 g/mol. The van der Waals surface area contributed by atoms with Gasteiger partial charge in [-0.05, 0) is 26.3 Å². The number of hydrogen-bond donors (Lipinski definition) is 1. The number of piperidine rings is 2. The highest BCUT2D eigenvalue weighted by atomic mass is 16.8. The molecule has 3 aliphatic rings. The molecular weight excluding hydrogens is 260 g/mol. The lowest BCUT2D eigenvalue weighted by Crippen LogP contribution is -2.55. The number of carbonyl (C=O) groups excluding carboxylic acids is 2. The van der Waals surface area contributed by atoms with E-state index in [4.69, 9.17) is 9.47 Å². The summed E-state index contributed by atoms with van der Waals surface area (Å²) in [6.07, 6.45) is 2.76. The molecular formula is C14H22N2O4. The smallest absolute Gasteiger partial charge is 0.430 e. The van der Waals surface area contributed by atoms with Crippen molar-refractivity contribution in [2.45, 2.75) is 38.2 Å². The highest BCUT2D eigenvalue weighted by molar-refractivity contribution is 5.83. The van der Waals surface area contributed by atoms with Gasteiger partial charge in [0.25, 0.3) is 0 Å². The largest absolute Gasteiger partial charge is 0.509 e. The van der Waals surface area contributed by atoms with Gasteiger partial charge >= 0.3 is 6.16 Å². The first-order valence-corrected chi connectivity index (χ1v) is 7.39. The molecule has 0 aliphatic carbocycles. The maximum Gasteiger partial charge on any atom is 0.509 e. The average Bonchev–Trinajstić information content (AvgIpc) is 2.81. The van der Waals surface area contributed by atoms with Crippen LogP contribution in [0.25, 0.3) is 0 Å². The van der Waals surface area contributed by atoms with Gasteiger partial charge in [0.1, 0.15) is 6.61 Å². The molecule has 1 amide bonds. The van der Waals surface area contributed by atoms with Crippen LogP contribution in [0.2, 0.25) is 0 Å². The van der Waals surface area contributed by atoms with Crippen LogP contribution in [0.1, 0.15) is 32.6 Å². The second-order valence-corrected chi connectivity index (χ2v) is 6.46. The molecule has 3 heterocycles. The number of cyclic esters (lactones) is 1. The Morgan fingerprint density at radius 2 is 2.05 bits per heavy atom. The Hall–Kier alpha value is -1.30. The Morgan fingerprint density at radius 1 is 1.30 bits per heavy atom. The van der Waals surface area contributed by atoms with Crippen molar-refractivity contribution >= 4 is 12.1 Å². The molecule has 0 aromatic heterocycles. The van der Waals surface area contributed by atoms with Gasteiger partial charge in [-0.25, -0.2) is 4.79 Å². The Morgan fingerprint density at radius 3 is 2.60 bits per heavy atom. The molecule has 3 aliphatic heterocycles. The highest BCUT2D eigenvalue weighted by Gasteiger charge is 2.47. The molecule has 0 radical (unpaired) electrons. The molecule has 3 fully saturated rings. The fourth-order valence-corrected chi connectivity index (χ4v) is 3.41. The van der Waals surface area contributed by atoms with Crippen molar-refractivity contribution in [1.82, 2.24) is 10.2 Å². The molecule has 1 unspecified atom stereocenters. The zero-order valence-electron chi connectivity index (χ0n) is 11.9. The highest BCUT2D eigenvalue weighted by Crippen LogP contribution is 2.34. The second kappa shape index (κ2) is 4.91. The molecule has 0 aromatic rings. The van der Waals surface area contributed by atoms with Crippen LogP contribution in [0.4, 0.5) is 4.79 Å². The third kappa shape index (κ3) is 2.37. The summed E-state index contributed by atoms with van der Waals surface area (Å²) in [7, 11) is 0. The standard InChI is InChI=1S/C14H22N2O4/c1-13(3-2-6-15-9-13)11(17)16-7-4-14(5-8-16)10-19-12(18)20-14/h15H,2-10H2,1H3. The number of nitrogens with one attached hydrogen (secondary N) is 1. The molecule has 1 N–H and O–H groups in total. The van der Waals surface area contributed by atoms with Crippen molar-refractivity contribution in [3.63, 3.8) is 0 Å². The minimum Gasteiger partial charge on any atom is -0.430 e. The number of likely N-dealkylation sites (tertiary alicyclic amines) is 1. The third-order valence-corrected chi connectivity index (χ3v) is 4.83. The van der Waals surface area contributed by atoms with E-state index in [2.05, 4.69) is 5.32 Å². The lowest BCUT2D eigenvalue weighted by molar-refractivity contribution is -0.145. The van der Waals surface area contributed by atoms with Crippen LogP contribution >= 0.6 is 0 Å². The van der Waals surface area contributed by atoms with Gasteiger partial charge in [-0.1, -0.05) is 0 Å². The van der Waals surface area contributed by atoms with Crippen molar-refractivity contribution < 1.29 is 19.1 Å². The summed E-state index contributed by atoms with van der Waals surface area (Å²) in [5.74, 6) is 0.227. The second-order valence-electron chi connectivity index (χ2n) is 6.46.